The summed E-state index contributed by atoms with van der Waals surface area (Å²) in [6, 6.07) is 11.3. The average Bonchev–Trinajstić information content (AvgIpc) is 1.72. The minimum atomic E-state index is -5.29. The highest BCUT2D eigenvalue weighted by Gasteiger charge is 2.37. The van der Waals surface area contributed by atoms with Crippen molar-refractivity contribution in [1.82, 2.24) is 41.8 Å². The third-order valence-corrected chi connectivity index (χ3v) is 17.4. The van der Waals surface area contributed by atoms with Crippen molar-refractivity contribution in [2.75, 3.05) is 84.7 Å². The van der Waals surface area contributed by atoms with Crippen molar-refractivity contribution in [3.05, 3.63) is 95.0 Å². The summed E-state index contributed by atoms with van der Waals surface area (Å²) in [4.78, 5) is 119. The van der Waals surface area contributed by atoms with E-state index in [2.05, 4.69) is 36.9 Å². The summed E-state index contributed by atoms with van der Waals surface area (Å²) >= 11 is 0. The maximum Gasteiger partial charge on any atom is 0.475 e. The molecule has 0 bridgehead atoms. The lowest BCUT2D eigenvalue weighted by molar-refractivity contribution is -0.142. The van der Waals surface area contributed by atoms with Crippen LogP contribution in [0.15, 0.2) is 87.1 Å². The Morgan fingerprint density at radius 2 is 1.36 bits per heavy atom. The molecule has 34 nitrogen and oxygen atoms in total. The van der Waals surface area contributed by atoms with Gasteiger partial charge in [0.25, 0.3) is 38.0 Å². The number of aromatic nitrogens is 1. The first-order chi connectivity index (χ1) is 47.0. The zero-order valence-corrected chi connectivity index (χ0v) is 55.0. The maximum absolute atomic E-state index is 13.7. The van der Waals surface area contributed by atoms with Gasteiger partial charge in [0.1, 0.15) is 17.8 Å². The fourth-order valence-corrected chi connectivity index (χ4v) is 12.3. The molecule has 2 aliphatic heterocycles. The van der Waals surface area contributed by atoms with Crippen LogP contribution in [0.3, 0.4) is 0 Å². The van der Waals surface area contributed by atoms with Crippen LogP contribution in [-0.2, 0) is 63.2 Å². The summed E-state index contributed by atoms with van der Waals surface area (Å²) < 4.78 is 98.6. The molecule has 3 atom stereocenters. The molecule has 532 valence electrons. The number of fused-ring (bicyclic) bond motifs is 3. The van der Waals surface area contributed by atoms with Crippen LogP contribution in [0.1, 0.15) is 95.8 Å². The van der Waals surface area contributed by atoms with Gasteiger partial charge in [0.05, 0.1) is 79.8 Å². The van der Waals surface area contributed by atoms with Gasteiger partial charge in [0.2, 0.25) is 23.6 Å². The Morgan fingerprint density at radius 3 is 2.03 bits per heavy atom. The van der Waals surface area contributed by atoms with Gasteiger partial charge in [0, 0.05) is 79.2 Å². The number of nitrogen functional groups attached to an aromatic ring is 1. The van der Waals surface area contributed by atoms with Gasteiger partial charge >= 0.3 is 19.1 Å². The highest BCUT2D eigenvalue weighted by Crippen LogP contribution is 2.46. The molecule has 3 aliphatic rings. The number of carboxylic acid groups (broad SMARTS) is 2. The van der Waals surface area contributed by atoms with Crippen molar-refractivity contribution in [1.29, 1.82) is 5.41 Å². The molecule has 7 rings (SSSR count). The maximum atomic E-state index is 13.7. The number of nitrogens with one attached hydrogen (secondary N) is 7. The second-order valence-electron chi connectivity index (χ2n) is 22.6. The van der Waals surface area contributed by atoms with Gasteiger partial charge in [-0.25, -0.2) is 9.59 Å². The number of carbonyl (C=O) groups excluding carboxylic acids is 7. The number of nitrogens with two attached hydrogens (primary N) is 1. The van der Waals surface area contributed by atoms with Gasteiger partial charge in [-0.2, -0.15) is 16.8 Å². The molecular weight excluding hydrogens is 1340 g/mol. The van der Waals surface area contributed by atoms with Crippen molar-refractivity contribution in [3.8, 4) is 28.2 Å². The molecule has 0 radical (unpaired) electrons. The van der Waals surface area contributed by atoms with Gasteiger partial charge in [-0.15, -0.1) is 0 Å². The Bertz CT molecular complexity index is 4250. The summed E-state index contributed by atoms with van der Waals surface area (Å²) in [5, 5.41) is 62.8. The lowest BCUT2D eigenvalue weighted by Crippen LogP contribution is -2.51. The van der Waals surface area contributed by atoms with Crippen LogP contribution in [-0.4, -0.2) is 213 Å². The summed E-state index contributed by atoms with van der Waals surface area (Å²) in [7, 11) is -12.2. The fraction of sp³-hybridized carbons (Fsp3) is 0.403. The molecule has 1 aliphatic carbocycles. The first kappa shape index (κ1) is 76.6. The molecule has 7 amide bonds. The van der Waals surface area contributed by atoms with Gasteiger partial charge in [-0.05, 0) is 112 Å². The van der Waals surface area contributed by atoms with Crippen LogP contribution in [0.4, 0.5) is 5.69 Å². The molecule has 4 aromatic rings. The lowest BCUT2D eigenvalue weighted by atomic mass is 9.78. The number of rotatable bonds is 38. The predicted octanol–water partition coefficient (Wildman–Crippen LogP) is 0.635. The van der Waals surface area contributed by atoms with Crippen molar-refractivity contribution in [2.45, 2.75) is 92.5 Å². The van der Waals surface area contributed by atoms with Gasteiger partial charge in [-0.3, -0.25) is 53.1 Å². The molecule has 99 heavy (non-hydrogen) atoms. The van der Waals surface area contributed by atoms with Crippen molar-refractivity contribution in [2.24, 2.45) is 0 Å². The summed E-state index contributed by atoms with van der Waals surface area (Å²) in [5.41, 5.74) is 3.73. The standard InChI is InChI=1S/C62H75BN10O24S2/c1-35(74)66-20-4-3-8-47(62(83)84)72-60(80)46(7-2-5-21-69-58(78)36-10-12-39(43(31-36)61(81)82)53-41-14-16-44(64)56(98(87,88)89)54(41)97-55-42(53)15-17-45(65)57(55)99(90,91)92)71-50(75)19-25-93-27-29-95-30-28-94-26-23-68-51(76)34-96-37-11-13-38-40(18-22-67-48(38)32-37)59(79)70-33-52(77)73-24-6-9-49(73)63(85)86/h10-18,22,31-32,46-47,49,64,85-86H,2-9,19-21,23-30,33-34,65H2,1H3,(H,66,74)(H,68,76)(H,69,78)(H,70,79)(H,71,75)(H,72,80)(H,81,82)(H,83,84)(H,87,88,89)(H,90,91,92)/t46-,47-,49-/m0/s1. The summed E-state index contributed by atoms with van der Waals surface area (Å²) in [6.07, 6.45) is 3.23. The molecule has 1 fully saturated rings. The molecule has 0 saturated carbocycles. The summed E-state index contributed by atoms with van der Waals surface area (Å²) in [6.45, 7) is 1.89. The number of pyridine rings is 1. The molecule has 1 saturated heterocycles. The van der Waals surface area contributed by atoms with Crippen molar-refractivity contribution >= 4 is 108 Å². The van der Waals surface area contributed by atoms with Gasteiger partial charge in [0.15, 0.2) is 27.7 Å². The number of aromatic carboxylic acids is 1. The quantitative estimate of drug-likeness (QED) is 0.00831. The Morgan fingerprint density at radius 1 is 0.707 bits per heavy atom. The Balaban J connectivity index is 0.845. The van der Waals surface area contributed by atoms with Crippen molar-refractivity contribution in [3.63, 3.8) is 0 Å². The largest absolute Gasteiger partial charge is 0.484 e. The number of likely N-dealkylation sites (tertiary alicyclic amines) is 1. The average molecular weight is 1420 g/mol. The van der Waals surface area contributed by atoms with E-state index in [-0.39, 0.29) is 144 Å². The van der Waals surface area contributed by atoms with E-state index in [1.807, 2.05) is 0 Å². The number of benzene rings is 4. The number of ether oxygens (including phenoxy) is 4. The monoisotopic (exact) mass is 1420 g/mol. The number of amides is 7. The zero-order chi connectivity index (χ0) is 72.1. The minimum Gasteiger partial charge on any atom is -0.484 e. The zero-order valence-electron chi connectivity index (χ0n) is 53.4. The summed E-state index contributed by atoms with van der Waals surface area (Å²) in [5.74, 6) is -8.13. The number of anilines is 1. The van der Waals surface area contributed by atoms with E-state index in [4.69, 9.17) is 34.5 Å². The first-order valence-electron chi connectivity index (χ1n) is 31.0. The molecule has 15 N–H and O–H groups in total. The lowest BCUT2D eigenvalue weighted by Gasteiger charge is -2.24. The molecule has 0 spiro atoms. The molecule has 1 aromatic heterocycles. The fourth-order valence-electron chi connectivity index (χ4n) is 10.8. The number of unbranched alkanes of at least 4 members (excludes halogenated alkanes) is 2. The number of aliphatic carboxylic acids is 1. The highest BCUT2D eigenvalue weighted by molar-refractivity contribution is 7.86. The molecule has 0 unspecified atom stereocenters. The molecule has 3 heterocycles. The third kappa shape index (κ3) is 21.4. The van der Waals surface area contributed by atoms with Gasteiger partial charge < -0.3 is 86.2 Å². The topological polar surface area (TPSA) is 532 Å². The van der Waals surface area contributed by atoms with Crippen LogP contribution < -0.4 is 47.7 Å². The predicted molar refractivity (Wildman–Crippen MR) is 350 cm³/mol. The van der Waals surface area contributed by atoms with E-state index in [1.165, 1.54) is 36.2 Å². The normalized spacial score (nSPS) is 13.7. The molecule has 37 heteroatoms. The molecule has 3 aromatic carbocycles. The van der Waals surface area contributed by atoms with E-state index in [0.29, 0.717) is 48.9 Å². The van der Waals surface area contributed by atoms with E-state index in [9.17, 15) is 89.4 Å². The number of hydrogen-bond acceptors (Lipinski definition) is 23. The number of carbonyl (C=O) groups is 9. The van der Waals surface area contributed by atoms with Crippen LogP contribution >= 0.6 is 0 Å². The second kappa shape index (κ2) is 35.7. The van der Waals surface area contributed by atoms with Crippen LogP contribution in [0.2, 0.25) is 0 Å². The van der Waals surface area contributed by atoms with E-state index < -0.39 is 131 Å². The molecular formula is C62H75BN10O24S2. The number of nitrogens with zero attached hydrogens (tertiary/aromatic N) is 2. The highest BCUT2D eigenvalue weighted by atomic mass is 32.2. The number of hydrogen-bond donors (Lipinski definition) is 14. The Kier molecular flexibility index (Phi) is 27.6. The Hall–Kier alpha value is -9.73. The van der Waals surface area contributed by atoms with Crippen molar-refractivity contribution < 1.29 is 113 Å². The van der Waals surface area contributed by atoms with Gasteiger partial charge in [-0.1, -0.05) is 6.07 Å². The SMILES string of the molecule is CC(=O)NCCCC[C@H](NC(=O)[C@H](CCCCNC(=O)c1ccc(-c2c3ccc(=N)c(S(=O)(=O)O)c-3oc3c(S(=O)(=O)O)c(N)ccc23)c(C(=O)O)c1)NC(=O)CCOCCOCCOCCNC(=O)COc1ccc2c(C(=O)NCC(=O)N3CCC[C@H]3B(O)O)ccnc2c1)C(=O)O. The second-order valence-corrected chi connectivity index (χ2v) is 25.3. The smallest absolute Gasteiger partial charge is 0.475 e. The van der Waals surface area contributed by atoms with Crippen LogP contribution in [0.5, 0.6) is 5.75 Å². The number of carboxylic acids is 2. The van der Waals surface area contributed by atoms with Crippen LogP contribution in [0, 0.1) is 5.41 Å². The first-order valence-corrected chi connectivity index (χ1v) is 33.9. The Labute approximate surface area is 566 Å². The van der Waals surface area contributed by atoms with E-state index >= 15 is 0 Å². The van der Waals surface area contributed by atoms with Crippen LogP contribution in [0.25, 0.3) is 44.3 Å². The third-order valence-electron chi connectivity index (χ3n) is 15.5. The van der Waals surface area contributed by atoms with E-state index in [0.717, 1.165) is 30.3 Å². The van der Waals surface area contributed by atoms with E-state index in [1.54, 1.807) is 18.2 Å². The minimum absolute atomic E-state index is 0.00607.